The van der Waals surface area contributed by atoms with Gasteiger partial charge >= 0.3 is 5.97 Å². The van der Waals surface area contributed by atoms with E-state index in [1.54, 1.807) is 24.3 Å². The molecule has 4 aliphatic rings. The Morgan fingerprint density at radius 2 is 1.63 bits per heavy atom. The molecule has 4 bridgehead atoms. The summed E-state index contributed by atoms with van der Waals surface area (Å²) in [6.45, 7) is 0. The van der Waals surface area contributed by atoms with E-state index in [-0.39, 0.29) is 16.4 Å². The summed E-state index contributed by atoms with van der Waals surface area (Å²) < 4.78 is 42.5. The van der Waals surface area contributed by atoms with Crippen molar-refractivity contribution in [3.05, 3.63) is 57.2 Å². The molecule has 30 heavy (non-hydrogen) atoms. The van der Waals surface area contributed by atoms with Gasteiger partial charge in [-0.2, -0.15) is 0 Å². The van der Waals surface area contributed by atoms with Crippen LogP contribution in [0.1, 0.15) is 53.9 Å². The third kappa shape index (κ3) is 3.80. The highest BCUT2D eigenvalue weighted by atomic mass is 127. The lowest BCUT2D eigenvalue weighted by Gasteiger charge is -2.55. The summed E-state index contributed by atoms with van der Waals surface area (Å²) in [5, 5.41) is 0. The second kappa shape index (κ2) is 7.60. The molecule has 0 atom stereocenters. The van der Waals surface area contributed by atoms with Crippen molar-refractivity contribution in [2.24, 2.45) is 23.7 Å². The highest BCUT2D eigenvalue weighted by Gasteiger charge is 2.49. The maximum absolute atomic E-state index is 12.8. The third-order valence-electron chi connectivity index (χ3n) is 7.11. The Bertz CT molecular complexity index is 1080. The zero-order valence-corrected chi connectivity index (χ0v) is 19.3. The molecule has 2 aromatic carbocycles. The van der Waals surface area contributed by atoms with Crippen molar-refractivity contribution in [1.29, 1.82) is 0 Å². The molecule has 6 rings (SSSR count). The van der Waals surface area contributed by atoms with Crippen LogP contribution in [0.15, 0.2) is 47.4 Å². The molecule has 0 heterocycles. The van der Waals surface area contributed by atoms with E-state index in [9.17, 15) is 17.8 Å². The minimum atomic E-state index is -4.63. The van der Waals surface area contributed by atoms with E-state index in [2.05, 4.69) is 22.6 Å². The van der Waals surface area contributed by atoms with Gasteiger partial charge in [-0.05, 0) is 126 Å². The molecule has 4 saturated carbocycles. The van der Waals surface area contributed by atoms with Crippen LogP contribution in [-0.4, -0.2) is 18.9 Å². The molecular weight excluding hydrogens is 515 g/mol. The Morgan fingerprint density at radius 3 is 2.23 bits per heavy atom. The van der Waals surface area contributed by atoms with E-state index >= 15 is 0 Å². The van der Waals surface area contributed by atoms with E-state index in [0.29, 0.717) is 23.1 Å². The molecule has 0 unspecified atom stereocenters. The van der Waals surface area contributed by atoms with Crippen molar-refractivity contribution < 1.29 is 22.5 Å². The predicted molar refractivity (Wildman–Crippen MR) is 118 cm³/mol. The molecule has 0 aromatic heterocycles. The van der Waals surface area contributed by atoms with Gasteiger partial charge in [0.2, 0.25) is 0 Å². The normalized spacial score (nSPS) is 29.7. The average Bonchev–Trinajstić information content (AvgIpc) is 2.66. The molecule has 4 fully saturated rings. The molecule has 0 N–H and O–H groups in total. The molecule has 158 valence electrons. The van der Waals surface area contributed by atoms with Crippen molar-refractivity contribution >= 4 is 38.7 Å². The number of rotatable bonds is 4. The second-order valence-electron chi connectivity index (χ2n) is 9.01. The molecule has 5 nitrogen and oxygen atoms in total. The molecule has 7 heteroatoms. The van der Waals surface area contributed by atoms with E-state index in [0.717, 1.165) is 41.1 Å². The van der Waals surface area contributed by atoms with Crippen LogP contribution in [-0.2, 0) is 10.1 Å². The molecular formula is C23H22IO5S-. The fraction of sp³-hybridized carbons (Fsp3) is 0.435. The molecule has 0 amide bonds. The van der Waals surface area contributed by atoms with Gasteiger partial charge in [0.15, 0.2) is 0 Å². The number of carbonyl (C=O) groups excluding carboxylic acids is 1. The van der Waals surface area contributed by atoms with Gasteiger partial charge < -0.3 is 9.29 Å². The fourth-order valence-corrected chi connectivity index (χ4v) is 7.53. The maximum atomic E-state index is 12.8. The Labute approximate surface area is 190 Å². The van der Waals surface area contributed by atoms with Gasteiger partial charge in [0.1, 0.15) is 15.9 Å². The van der Waals surface area contributed by atoms with Crippen LogP contribution >= 0.6 is 22.6 Å². The van der Waals surface area contributed by atoms with Crippen molar-refractivity contribution in [2.75, 3.05) is 0 Å². The fourth-order valence-electron chi connectivity index (χ4n) is 6.29. The van der Waals surface area contributed by atoms with Crippen LogP contribution in [0, 0.1) is 27.2 Å². The van der Waals surface area contributed by atoms with Gasteiger partial charge in [0.25, 0.3) is 0 Å². The first kappa shape index (κ1) is 20.5. The summed E-state index contributed by atoms with van der Waals surface area (Å²) in [4.78, 5) is 12.6. The van der Waals surface area contributed by atoms with Gasteiger partial charge in [0, 0.05) is 3.57 Å². The van der Waals surface area contributed by atoms with Crippen LogP contribution in [0.4, 0.5) is 0 Å². The number of hydrogen-bond acceptors (Lipinski definition) is 5. The Morgan fingerprint density at radius 1 is 0.967 bits per heavy atom. The smallest absolute Gasteiger partial charge is 0.343 e. The van der Waals surface area contributed by atoms with Crippen LogP contribution < -0.4 is 4.74 Å². The van der Waals surface area contributed by atoms with Crippen LogP contribution in [0.5, 0.6) is 5.75 Å². The third-order valence-corrected chi connectivity index (χ3v) is 8.69. The number of ether oxygens (including phenoxy) is 1. The highest BCUT2D eigenvalue weighted by molar-refractivity contribution is 14.1. The van der Waals surface area contributed by atoms with Gasteiger partial charge in [-0.3, -0.25) is 0 Å². The second-order valence-corrected chi connectivity index (χ2v) is 11.6. The number of carbonyl (C=O) groups is 1. The van der Waals surface area contributed by atoms with Gasteiger partial charge in [-0.1, -0.05) is 6.07 Å². The minimum absolute atomic E-state index is 0.0296. The summed E-state index contributed by atoms with van der Waals surface area (Å²) in [7, 11) is -4.63. The van der Waals surface area contributed by atoms with Crippen molar-refractivity contribution in [3.8, 4) is 5.75 Å². The molecule has 0 radical (unpaired) electrons. The van der Waals surface area contributed by atoms with Gasteiger partial charge in [0.05, 0.1) is 10.5 Å². The Kier molecular flexibility index (Phi) is 5.18. The van der Waals surface area contributed by atoms with Gasteiger partial charge in [-0.15, -0.1) is 0 Å². The first-order chi connectivity index (χ1) is 14.3. The summed E-state index contributed by atoms with van der Waals surface area (Å²) in [5.74, 6) is 2.16. The quantitative estimate of drug-likeness (QED) is 0.239. The summed E-state index contributed by atoms with van der Waals surface area (Å²) in [5.41, 5.74) is 0.806. The van der Waals surface area contributed by atoms with Crippen LogP contribution in [0.3, 0.4) is 0 Å². The van der Waals surface area contributed by atoms with Crippen LogP contribution in [0.25, 0.3) is 0 Å². The summed E-state index contributed by atoms with van der Waals surface area (Å²) in [6, 6.07) is 11.5. The van der Waals surface area contributed by atoms with E-state index in [4.69, 9.17) is 4.74 Å². The standard InChI is InChI=1S/C23H23IO5S/c24-18-2-1-3-19(12-18)29-23(25)15-4-5-21(30(26,27)28)20(11-15)22-16-7-13-6-14(9-16)10-17(22)8-13/h1-5,11-14,16-17,22H,6-10H2,(H,26,27,28)/p-1. The van der Waals surface area contributed by atoms with Gasteiger partial charge in [-0.25, -0.2) is 13.2 Å². The molecule has 4 aliphatic carbocycles. The Balaban J connectivity index is 1.52. The predicted octanol–water partition coefficient (Wildman–Crippen LogP) is 4.95. The lowest BCUT2D eigenvalue weighted by atomic mass is 9.50. The highest BCUT2D eigenvalue weighted by Crippen LogP contribution is 2.60. The molecule has 2 aromatic rings. The largest absolute Gasteiger partial charge is 0.744 e. The zero-order valence-electron chi connectivity index (χ0n) is 16.3. The molecule has 0 spiro atoms. The first-order valence-electron chi connectivity index (χ1n) is 10.4. The van der Waals surface area contributed by atoms with Crippen molar-refractivity contribution in [3.63, 3.8) is 0 Å². The zero-order chi connectivity index (χ0) is 21.0. The van der Waals surface area contributed by atoms with E-state index in [1.807, 2.05) is 6.07 Å². The maximum Gasteiger partial charge on any atom is 0.343 e. The lowest BCUT2D eigenvalue weighted by Crippen LogP contribution is -2.44. The average molecular weight is 537 g/mol. The number of halogens is 1. The number of esters is 1. The SMILES string of the molecule is O=C(Oc1cccc(I)c1)c1ccc(S(=O)(=O)[O-])c(C2C3CC4CC(C3)CC2C4)c1. The number of benzene rings is 2. The summed E-state index contributed by atoms with van der Waals surface area (Å²) in [6.07, 6.45) is 5.65. The summed E-state index contributed by atoms with van der Waals surface area (Å²) >= 11 is 2.14. The van der Waals surface area contributed by atoms with E-state index in [1.165, 1.54) is 18.6 Å². The number of hydrogen-bond donors (Lipinski definition) is 0. The molecule has 0 saturated heterocycles. The minimum Gasteiger partial charge on any atom is -0.744 e. The molecule has 0 aliphatic heterocycles. The van der Waals surface area contributed by atoms with Crippen LogP contribution in [0.2, 0.25) is 0 Å². The van der Waals surface area contributed by atoms with Crippen molar-refractivity contribution in [2.45, 2.75) is 42.9 Å². The van der Waals surface area contributed by atoms with Crippen molar-refractivity contribution in [1.82, 2.24) is 0 Å². The monoisotopic (exact) mass is 537 g/mol. The van der Waals surface area contributed by atoms with E-state index < -0.39 is 16.1 Å². The first-order valence-corrected chi connectivity index (χ1v) is 12.8. The topological polar surface area (TPSA) is 83.5 Å². The Hall–Kier alpha value is -1.45. The lowest BCUT2D eigenvalue weighted by molar-refractivity contribution is -0.00373.